The highest BCUT2D eigenvalue weighted by molar-refractivity contribution is 5.85. The van der Waals surface area contributed by atoms with Crippen LogP contribution in [-0.2, 0) is 0 Å². The molecular formula is C10H8FNO3. The van der Waals surface area contributed by atoms with Gasteiger partial charge in [0.2, 0.25) is 5.88 Å². The SMILES string of the molecule is Cc1c(F)ccc2[nH]c(OC(=O)O)cc12. The van der Waals surface area contributed by atoms with Crippen LogP contribution in [0.5, 0.6) is 5.88 Å². The van der Waals surface area contributed by atoms with Crippen molar-refractivity contribution in [1.29, 1.82) is 0 Å². The zero-order valence-corrected chi connectivity index (χ0v) is 7.87. The van der Waals surface area contributed by atoms with Gasteiger partial charge in [0.1, 0.15) is 5.82 Å². The molecule has 0 saturated carbocycles. The highest BCUT2D eigenvalue weighted by Gasteiger charge is 2.09. The number of ether oxygens (including phenoxy) is 1. The van der Waals surface area contributed by atoms with Crippen LogP contribution in [-0.4, -0.2) is 16.2 Å². The lowest BCUT2D eigenvalue weighted by Crippen LogP contribution is -2.02. The molecule has 0 bridgehead atoms. The Kier molecular flexibility index (Phi) is 2.07. The Morgan fingerprint density at radius 1 is 1.53 bits per heavy atom. The van der Waals surface area contributed by atoms with Crippen molar-refractivity contribution in [2.45, 2.75) is 6.92 Å². The van der Waals surface area contributed by atoms with Crippen molar-refractivity contribution in [2.75, 3.05) is 0 Å². The van der Waals surface area contributed by atoms with Crippen molar-refractivity contribution in [3.63, 3.8) is 0 Å². The minimum atomic E-state index is -1.40. The molecule has 0 aliphatic rings. The van der Waals surface area contributed by atoms with Crippen molar-refractivity contribution in [1.82, 2.24) is 4.98 Å². The Balaban J connectivity index is 2.56. The Morgan fingerprint density at radius 3 is 2.93 bits per heavy atom. The van der Waals surface area contributed by atoms with Crippen LogP contribution in [0.4, 0.5) is 9.18 Å². The zero-order valence-electron chi connectivity index (χ0n) is 7.87. The molecule has 0 atom stereocenters. The fourth-order valence-corrected chi connectivity index (χ4v) is 1.45. The predicted octanol–water partition coefficient (Wildman–Crippen LogP) is 2.67. The molecule has 1 aromatic heterocycles. The fourth-order valence-electron chi connectivity index (χ4n) is 1.45. The van der Waals surface area contributed by atoms with Crippen LogP contribution in [0.1, 0.15) is 5.56 Å². The normalized spacial score (nSPS) is 10.5. The van der Waals surface area contributed by atoms with E-state index in [1.165, 1.54) is 18.2 Å². The topological polar surface area (TPSA) is 62.3 Å². The van der Waals surface area contributed by atoms with E-state index in [4.69, 9.17) is 5.11 Å². The molecule has 0 aliphatic heterocycles. The van der Waals surface area contributed by atoms with E-state index in [1.807, 2.05) is 0 Å². The monoisotopic (exact) mass is 209 g/mol. The van der Waals surface area contributed by atoms with Crippen LogP contribution in [0.15, 0.2) is 18.2 Å². The molecular weight excluding hydrogens is 201 g/mol. The number of rotatable bonds is 1. The number of aromatic nitrogens is 1. The molecule has 0 spiro atoms. The van der Waals surface area contributed by atoms with E-state index in [-0.39, 0.29) is 11.7 Å². The van der Waals surface area contributed by atoms with Crippen molar-refractivity contribution in [3.8, 4) is 5.88 Å². The summed E-state index contributed by atoms with van der Waals surface area (Å²) in [6, 6.07) is 4.31. The highest BCUT2D eigenvalue weighted by Crippen LogP contribution is 2.25. The lowest BCUT2D eigenvalue weighted by molar-refractivity contribution is 0.143. The van der Waals surface area contributed by atoms with E-state index in [2.05, 4.69) is 9.72 Å². The first-order valence-corrected chi connectivity index (χ1v) is 4.26. The smallest absolute Gasteiger partial charge is 0.449 e. The molecule has 0 aliphatic carbocycles. The van der Waals surface area contributed by atoms with Gasteiger partial charge in [0.05, 0.1) is 0 Å². The Hall–Kier alpha value is -2.04. The summed E-state index contributed by atoms with van der Waals surface area (Å²) in [6.07, 6.45) is -1.40. The first-order chi connectivity index (χ1) is 7.08. The van der Waals surface area contributed by atoms with E-state index in [9.17, 15) is 9.18 Å². The number of aryl methyl sites for hydroxylation is 1. The van der Waals surface area contributed by atoms with Crippen LogP contribution in [0.3, 0.4) is 0 Å². The fraction of sp³-hybridized carbons (Fsp3) is 0.100. The van der Waals surface area contributed by atoms with Gasteiger partial charge in [-0.1, -0.05) is 0 Å². The predicted molar refractivity (Wildman–Crippen MR) is 51.6 cm³/mol. The maximum absolute atomic E-state index is 13.1. The third-order valence-electron chi connectivity index (χ3n) is 2.18. The third kappa shape index (κ3) is 1.63. The molecule has 1 heterocycles. The molecule has 78 valence electrons. The van der Waals surface area contributed by atoms with Gasteiger partial charge in [0, 0.05) is 17.0 Å². The number of H-pyrrole nitrogens is 1. The van der Waals surface area contributed by atoms with E-state index in [0.717, 1.165) is 0 Å². The van der Waals surface area contributed by atoms with Gasteiger partial charge in [-0.15, -0.1) is 0 Å². The Morgan fingerprint density at radius 2 is 2.27 bits per heavy atom. The van der Waals surface area contributed by atoms with E-state index in [1.54, 1.807) is 6.92 Å². The van der Waals surface area contributed by atoms with Gasteiger partial charge in [-0.3, -0.25) is 0 Å². The number of carbonyl (C=O) groups is 1. The number of hydrogen-bond acceptors (Lipinski definition) is 2. The zero-order chi connectivity index (χ0) is 11.0. The first-order valence-electron chi connectivity index (χ1n) is 4.26. The Labute approximate surface area is 84.3 Å². The van der Waals surface area contributed by atoms with Crippen LogP contribution in [0.2, 0.25) is 0 Å². The molecule has 2 rings (SSSR count). The summed E-state index contributed by atoms with van der Waals surface area (Å²) in [4.78, 5) is 13.0. The second-order valence-electron chi connectivity index (χ2n) is 3.14. The van der Waals surface area contributed by atoms with Gasteiger partial charge < -0.3 is 14.8 Å². The van der Waals surface area contributed by atoms with Gasteiger partial charge >= 0.3 is 6.16 Å². The summed E-state index contributed by atoms with van der Waals surface area (Å²) >= 11 is 0. The van der Waals surface area contributed by atoms with Crippen LogP contribution in [0.25, 0.3) is 10.9 Å². The van der Waals surface area contributed by atoms with Crippen LogP contribution in [0, 0.1) is 12.7 Å². The number of benzene rings is 1. The Bertz CT molecular complexity index is 533. The summed E-state index contributed by atoms with van der Waals surface area (Å²) < 4.78 is 17.6. The number of carboxylic acid groups (broad SMARTS) is 1. The molecule has 1 aromatic carbocycles. The standard InChI is InChI=1S/C10H8FNO3/c1-5-6-4-9(15-10(13)14)12-8(6)3-2-7(5)11/h2-4,12H,1H3,(H,13,14). The van der Waals surface area contributed by atoms with E-state index >= 15 is 0 Å². The summed E-state index contributed by atoms with van der Waals surface area (Å²) in [5.74, 6) is -0.241. The molecule has 0 fully saturated rings. The molecule has 0 unspecified atom stereocenters. The molecule has 2 N–H and O–H groups in total. The minimum Gasteiger partial charge on any atom is -0.449 e. The molecule has 0 radical (unpaired) electrons. The molecule has 2 aromatic rings. The third-order valence-corrected chi connectivity index (χ3v) is 2.18. The maximum Gasteiger partial charge on any atom is 0.512 e. The lowest BCUT2D eigenvalue weighted by Gasteiger charge is -1.95. The highest BCUT2D eigenvalue weighted by atomic mass is 19.1. The number of fused-ring (bicyclic) bond motifs is 1. The van der Waals surface area contributed by atoms with Crippen molar-refractivity contribution in [3.05, 3.63) is 29.6 Å². The quantitative estimate of drug-likeness (QED) is 0.709. The summed E-state index contributed by atoms with van der Waals surface area (Å²) in [5, 5.41) is 9.02. The van der Waals surface area contributed by atoms with Gasteiger partial charge in [-0.2, -0.15) is 0 Å². The second-order valence-corrected chi connectivity index (χ2v) is 3.14. The van der Waals surface area contributed by atoms with Crippen molar-refractivity contribution < 1.29 is 19.0 Å². The number of hydrogen-bond donors (Lipinski definition) is 2. The molecule has 15 heavy (non-hydrogen) atoms. The van der Waals surface area contributed by atoms with Gasteiger partial charge in [-0.05, 0) is 24.6 Å². The van der Waals surface area contributed by atoms with Crippen LogP contribution >= 0.6 is 0 Å². The summed E-state index contributed by atoms with van der Waals surface area (Å²) in [5.41, 5.74) is 1.11. The lowest BCUT2D eigenvalue weighted by atomic mass is 10.1. The second kappa shape index (κ2) is 3.27. The number of aromatic amines is 1. The summed E-state index contributed by atoms with van der Waals surface area (Å²) in [7, 11) is 0. The molecule has 0 amide bonds. The van der Waals surface area contributed by atoms with Crippen molar-refractivity contribution >= 4 is 17.1 Å². The maximum atomic E-state index is 13.1. The number of nitrogens with one attached hydrogen (secondary N) is 1. The average Bonchev–Trinajstić information content (AvgIpc) is 2.54. The number of halogens is 1. The van der Waals surface area contributed by atoms with E-state index < -0.39 is 6.16 Å². The van der Waals surface area contributed by atoms with Gasteiger partial charge in [0.25, 0.3) is 0 Å². The molecule has 5 heteroatoms. The molecule has 4 nitrogen and oxygen atoms in total. The van der Waals surface area contributed by atoms with Crippen LogP contribution < -0.4 is 4.74 Å². The first kappa shape index (κ1) is 9.51. The minimum absolute atomic E-state index is 0.0891. The van der Waals surface area contributed by atoms with Gasteiger partial charge in [0.15, 0.2) is 0 Å². The molecule has 0 saturated heterocycles. The van der Waals surface area contributed by atoms with Gasteiger partial charge in [-0.25, -0.2) is 9.18 Å². The summed E-state index contributed by atoms with van der Waals surface area (Å²) in [6.45, 7) is 1.62. The van der Waals surface area contributed by atoms with Crippen molar-refractivity contribution in [2.24, 2.45) is 0 Å². The average molecular weight is 209 g/mol. The van der Waals surface area contributed by atoms with E-state index in [0.29, 0.717) is 16.5 Å². The largest absolute Gasteiger partial charge is 0.512 e.